The lowest BCUT2D eigenvalue weighted by molar-refractivity contribution is 0.589. The quantitative estimate of drug-likeness (QED) is 0.706. The molecule has 116 valence electrons. The molecule has 0 saturated carbocycles. The van der Waals surface area contributed by atoms with Crippen molar-refractivity contribution in [2.75, 3.05) is 0 Å². The minimum absolute atomic E-state index is 0.345. The van der Waals surface area contributed by atoms with Gasteiger partial charge in [-0.1, -0.05) is 72.8 Å². The normalized spacial score (nSPS) is 12.7. The van der Waals surface area contributed by atoms with Crippen LogP contribution < -0.4 is 0 Å². The molecule has 0 aliphatic heterocycles. The zero-order valence-corrected chi connectivity index (χ0v) is 13.7. The van der Waals surface area contributed by atoms with Crippen LogP contribution >= 0.6 is 0 Å². The van der Waals surface area contributed by atoms with E-state index in [0.29, 0.717) is 4.90 Å². The van der Waals surface area contributed by atoms with Crippen molar-refractivity contribution in [1.29, 1.82) is 0 Å². The maximum Gasteiger partial charge on any atom is 0.189 e. The van der Waals surface area contributed by atoms with E-state index >= 15 is 0 Å². The molecule has 0 aliphatic carbocycles. The maximum absolute atomic E-state index is 13.3. The SMILES string of the molecule is Cc1ccccc1[C@@H](c1ccccc1)S(=O)(=O)c1ccccc1. The van der Waals surface area contributed by atoms with Crippen LogP contribution in [0.3, 0.4) is 0 Å². The van der Waals surface area contributed by atoms with Gasteiger partial charge in [0.2, 0.25) is 0 Å². The molecule has 0 unspecified atom stereocenters. The molecule has 0 amide bonds. The zero-order chi connectivity index (χ0) is 16.3. The van der Waals surface area contributed by atoms with E-state index in [9.17, 15) is 8.42 Å². The molecule has 0 bridgehead atoms. The van der Waals surface area contributed by atoms with Gasteiger partial charge in [-0.15, -0.1) is 0 Å². The van der Waals surface area contributed by atoms with Gasteiger partial charge in [-0.3, -0.25) is 0 Å². The van der Waals surface area contributed by atoms with Gasteiger partial charge < -0.3 is 0 Å². The van der Waals surface area contributed by atoms with E-state index in [1.165, 1.54) is 0 Å². The lowest BCUT2D eigenvalue weighted by Crippen LogP contribution is -2.16. The largest absolute Gasteiger partial charge is 0.223 e. The molecule has 23 heavy (non-hydrogen) atoms. The second kappa shape index (κ2) is 6.39. The first-order chi connectivity index (χ1) is 11.1. The van der Waals surface area contributed by atoms with Gasteiger partial charge in [0, 0.05) is 0 Å². The smallest absolute Gasteiger partial charge is 0.189 e. The zero-order valence-electron chi connectivity index (χ0n) is 12.9. The Kier molecular flexibility index (Phi) is 4.30. The Morgan fingerprint density at radius 2 is 1.22 bits per heavy atom. The molecule has 2 nitrogen and oxygen atoms in total. The van der Waals surface area contributed by atoms with Crippen molar-refractivity contribution < 1.29 is 8.42 Å². The molecule has 0 spiro atoms. The Balaban J connectivity index is 2.24. The Bertz CT molecular complexity index is 885. The predicted molar refractivity (Wildman–Crippen MR) is 93.1 cm³/mol. The van der Waals surface area contributed by atoms with Crippen LogP contribution in [0.1, 0.15) is 21.9 Å². The molecule has 3 rings (SSSR count). The van der Waals surface area contributed by atoms with Crippen LogP contribution in [0.15, 0.2) is 89.8 Å². The van der Waals surface area contributed by atoms with E-state index in [1.54, 1.807) is 24.3 Å². The maximum atomic E-state index is 13.3. The van der Waals surface area contributed by atoms with Crippen LogP contribution in [0.2, 0.25) is 0 Å². The van der Waals surface area contributed by atoms with Crippen molar-refractivity contribution >= 4 is 9.84 Å². The Morgan fingerprint density at radius 3 is 1.83 bits per heavy atom. The van der Waals surface area contributed by atoms with Crippen molar-refractivity contribution in [2.24, 2.45) is 0 Å². The first-order valence-electron chi connectivity index (χ1n) is 7.50. The summed E-state index contributed by atoms with van der Waals surface area (Å²) in [5, 5.41) is -0.702. The van der Waals surface area contributed by atoms with Crippen LogP contribution in [-0.2, 0) is 9.84 Å². The first kappa shape index (κ1) is 15.5. The molecule has 0 N–H and O–H groups in total. The number of hydrogen-bond donors (Lipinski definition) is 0. The van der Waals surface area contributed by atoms with E-state index in [2.05, 4.69) is 0 Å². The average molecular weight is 322 g/mol. The van der Waals surface area contributed by atoms with Gasteiger partial charge in [-0.05, 0) is 35.7 Å². The molecule has 0 aromatic heterocycles. The van der Waals surface area contributed by atoms with Crippen LogP contribution in [0.25, 0.3) is 0 Å². The van der Waals surface area contributed by atoms with E-state index in [1.807, 2.05) is 67.6 Å². The highest BCUT2D eigenvalue weighted by molar-refractivity contribution is 7.91. The minimum Gasteiger partial charge on any atom is -0.223 e. The molecule has 0 aliphatic rings. The third-order valence-corrected chi connectivity index (χ3v) is 6.03. The lowest BCUT2D eigenvalue weighted by Gasteiger charge is -2.20. The van der Waals surface area contributed by atoms with Crippen molar-refractivity contribution in [3.8, 4) is 0 Å². The monoisotopic (exact) mass is 322 g/mol. The molecular formula is C20H18O2S. The Hall–Kier alpha value is -2.39. The first-order valence-corrected chi connectivity index (χ1v) is 9.05. The van der Waals surface area contributed by atoms with Crippen molar-refractivity contribution in [3.05, 3.63) is 102 Å². The van der Waals surface area contributed by atoms with Crippen LogP contribution in [0.5, 0.6) is 0 Å². The molecule has 0 heterocycles. The van der Waals surface area contributed by atoms with E-state index in [-0.39, 0.29) is 0 Å². The summed E-state index contributed by atoms with van der Waals surface area (Å²) in [5.41, 5.74) is 2.58. The summed E-state index contributed by atoms with van der Waals surface area (Å²) in [6.45, 7) is 1.95. The summed E-state index contributed by atoms with van der Waals surface area (Å²) < 4.78 is 26.6. The molecule has 0 saturated heterocycles. The van der Waals surface area contributed by atoms with Crippen molar-refractivity contribution in [3.63, 3.8) is 0 Å². The van der Waals surface area contributed by atoms with Gasteiger partial charge in [0.25, 0.3) is 0 Å². The summed E-state index contributed by atoms with van der Waals surface area (Å²) in [6, 6.07) is 25.7. The lowest BCUT2D eigenvalue weighted by atomic mass is 10.0. The van der Waals surface area contributed by atoms with Gasteiger partial charge in [0.15, 0.2) is 9.84 Å². The fraction of sp³-hybridized carbons (Fsp3) is 0.100. The van der Waals surface area contributed by atoms with Gasteiger partial charge in [-0.2, -0.15) is 0 Å². The standard InChI is InChI=1S/C20H18O2S/c1-16-10-8-9-15-19(16)20(17-11-4-2-5-12-17)23(21,22)18-13-6-3-7-14-18/h2-15,20H,1H3/t20-/m1/s1. The van der Waals surface area contributed by atoms with Crippen LogP contribution in [0.4, 0.5) is 0 Å². The van der Waals surface area contributed by atoms with Crippen molar-refractivity contribution in [2.45, 2.75) is 17.1 Å². The fourth-order valence-electron chi connectivity index (χ4n) is 2.78. The molecular weight excluding hydrogens is 304 g/mol. The summed E-state index contributed by atoms with van der Waals surface area (Å²) in [5.74, 6) is 0. The molecule has 3 aromatic carbocycles. The topological polar surface area (TPSA) is 34.1 Å². The predicted octanol–water partition coefficient (Wildman–Crippen LogP) is 4.56. The van der Waals surface area contributed by atoms with Gasteiger partial charge in [-0.25, -0.2) is 8.42 Å². The highest BCUT2D eigenvalue weighted by atomic mass is 32.2. The highest BCUT2D eigenvalue weighted by Crippen LogP contribution is 2.36. The molecule has 3 aromatic rings. The van der Waals surface area contributed by atoms with Gasteiger partial charge >= 0.3 is 0 Å². The number of sulfone groups is 1. The summed E-state index contributed by atoms with van der Waals surface area (Å²) >= 11 is 0. The molecule has 0 fully saturated rings. The number of benzene rings is 3. The van der Waals surface area contributed by atoms with Gasteiger partial charge in [0.05, 0.1) is 4.90 Å². The Morgan fingerprint density at radius 1 is 0.696 bits per heavy atom. The highest BCUT2D eigenvalue weighted by Gasteiger charge is 2.31. The third-order valence-electron chi connectivity index (χ3n) is 3.96. The van der Waals surface area contributed by atoms with E-state index in [4.69, 9.17) is 0 Å². The second-order valence-corrected chi connectivity index (χ2v) is 7.54. The van der Waals surface area contributed by atoms with Crippen LogP contribution in [-0.4, -0.2) is 8.42 Å². The average Bonchev–Trinajstić information content (AvgIpc) is 2.58. The van der Waals surface area contributed by atoms with Gasteiger partial charge in [0.1, 0.15) is 5.25 Å². The third kappa shape index (κ3) is 3.06. The minimum atomic E-state index is -3.53. The second-order valence-electron chi connectivity index (χ2n) is 5.51. The number of hydrogen-bond acceptors (Lipinski definition) is 2. The van der Waals surface area contributed by atoms with Crippen molar-refractivity contribution in [1.82, 2.24) is 0 Å². The van der Waals surface area contributed by atoms with E-state index in [0.717, 1.165) is 16.7 Å². The molecule has 1 atom stereocenters. The summed E-state index contributed by atoms with van der Waals surface area (Å²) in [7, 11) is -3.53. The molecule has 0 radical (unpaired) electrons. The Labute approximate surface area is 137 Å². The fourth-order valence-corrected chi connectivity index (χ4v) is 4.70. The molecule has 3 heteroatoms. The van der Waals surface area contributed by atoms with E-state index < -0.39 is 15.1 Å². The number of rotatable bonds is 4. The summed E-state index contributed by atoms with van der Waals surface area (Å²) in [6.07, 6.45) is 0. The number of aryl methyl sites for hydroxylation is 1. The summed E-state index contributed by atoms with van der Waals surface area (Å²) in [4.78, 5) is 0.345. The van der Waals surface area contributed by atoms with Crippen LogP contribution in [0, 0.1) is 6.92 Å².